The van der Waals surface area contributed by atoms with E-state index in [9.17, 15) is 9.59 Å². The second-order valence-electron chi connectivity index (χ2n) is 10.6. The van der Waals surface area contributed by atoms with Gasteiger partial charge in [-0.05, 0) is 72.6 Å². The molecule has 0 bridgehead atoms. The highest BCUT2D eigenvalue weighted by Gasteiger charge is 2.24. The summed E-state index contributed by atoms with van der Waals surface area (Å²) in [6.07, 6.45) is 1.48. The number of ether oxygens (including phenoxy) is 3. The van der Waals surface area contributed by atoms with E-state index in [1.807, 2.05) is 61.5 Å². The summed E-state index contributed by atoms with van der Waals surface area (Å²) in [4.78, 5) is 28.8. The minimum Gasteiger partial charge on any atom is -0.489 e. The molecule has 1 fully saturated rings. The van der Waals surface area contributed by atoms with Crippen LogP contribution in [0.4, 0.5) is 5.82 Å². The molecule has 0 aliphatic carbocycles. The number of hydrogen-bond acceptors (Lipinski definition) is 7. The number of carbonyl (C=O) groups excluding carboxylic acids is 2. The van der Waals surface area contributed by atoms with E-state index >= 15 is 0 Å². The van der Waals surface area contributed by atoms with Crippen LogP contribution in [0.1, 0.15) is 37.5 Å². The Morgan fingerprint density at radius 2 is 1.80 bits per heavy atom. The van der Waals surface area contributed by atoms with E-state index in [-0.39, 0.29) is 29.8 Å². The van der Waals surface area contributed by atoms with Crippen molar-refractivity contribution in [3.8, 4) is 11.4 Å². The molecule has 10 nitrogen and oxygen atoms in total. The van der Waals surface area contributed by atoms with Crippen molar-refractivity contribution in [3.05, 3.63) is 106 Å². The normalized spacial score (nSPS) is 13.4. The number of fused-ring (bicyclic) bond motifs is 1. The molecule has 3 heterocycles. The first-order valence-electron chi connectivity index (χ1n) is 14.2. The molecule has 44 heavy (non-hydrogen) atoms. The molecule has 0 spiro atoms. The minimum atomic E-state index is -0.302. The molecule has 2 aromatic heterocycles. The van der Waals surface area contributed by atoms with Gasteiger partial charge in [-0.2, -0.15) is 5.10 Å². The van der Waals surface area contributed by atoms with Crippen LogP contribution in [0, 0.1) is 6.92 Å². The number of hydrogen-bond donors (Lipinski definition) is 1. The number of morpholine rings is 1. The Balaban J connectivity index is 1.26. The first-order valence-corrected chi connectivity index (χ1v) is 14.6. The SMILES string of the molecule is COCn1c(C(=O)c2cnn(-c3ccc(OCc4ccc(Cl)cc4)cc3C)c2N)cc2cc(C(=O)N3CCOCC3)ccc21. The van der Waals surface area contributed by atoms with Gasteiger partial charge in [-0.15, -0.1) is 0 Å². The lowest BCUT2D eigenvalue weighted by atomic mass is 10.1. The molecule has 6 rings (SSSR count). The minimum absolute atomic E-state index is 0.0649. The van der Waals surface area contributed by atoms with Crippen molar-refractivity contribution in [2.24, 2.45) is 0 Å². The van der Waals surface area contributed by atoms with E-state index in [0.29, 0.717) is 54.9 Å². The average molecular weight is 614 g/mol. The van der Waals surface area contributed by atoms with Gasteiger partial charge in [-0.25, -0.2) is 4.68 Å². The number of nitrogen functional groups attached to an aromatic ring is 1. The molecular weight excluding hydrogens is 582 g/mol. The predicted octanol–water partition coefficient (Wildman–Crippen LogP) is 5.26. The molecule has 11 heteroatoms. The maximum atomic E-state index is 13.9. The number of amides is 1. The van der Waals surface area contributed by atoms with Gasteiger partial charge in [0.05, 0.1) is 41.9 Å². The van der Waals surface area contributed by atoms with Crippen molar-refractivity contribution in [1.82, 2.24) is 19.2 Å². The first kappa shape index (κ1) is 29.4. The Morgan fingerprint density at radius 3 is 2.52 bits per heavy atom. The molecule has 1 aliphatic heterocycles. The lowest BCUT2D eigenvalue weighted by molar-refractivity contribution is 0.0303. The predicted molar refractivity (Wildman–Crippen MR) is 168 cm³/mol. The Morgan fingerprint density at radius 1 is 1.02 bits per heavy atom. The fourth-order valence-corrected chi connectivity index (χ4v) is 5.50. The fourth-order valence-electron chi connectivity index (χ4n) is 5.37. The highest BCUT2D eigenvalue weighted by atomic mass is 35.5. The van der Waals surface area contributed by atoms with E-state index in [4.69, 9.17) is 31.5 Å². The summed E-state index contributed by atoms with van der Waals surface area (Å²) in [7, 11) is 1.56. The van der Waals surface area contributed by atoms with Crippen LogP contribution in [0.5, 0.6) is 5.75 Å². The van der Waals surface area contributed by atoms with Gasteiger partial charge < -0.3 is 29.4 Å². The second-order valence-corrected chi connectivity index (χ2v) is 11.0. The smallest absolute Gasteiger partial charge is 0.254 e. The van der Waals surface area contributed by atoms with Gasteiger partial charge in [0.1, 0.15) is 24.9 Å². The van der Waals surface area contributed by atoms with Gasteiger partial charge >= 0.3 is 0 Å². The number of carbonyl (C=O) groups is 2. The molecule has 0 radical (unpaired) electrons. The molecule has 5 aromatic rings. The van der Waals surface area contributed by atoms with Crippen molar-refractivity contribution >= 4 is 40.0 Å². The lowest BCUT2D eigenvalue weighted by Gasteiger charge is -2.26. The summed E-state index contributed by atoms with van der Waals surface area (Å²) in [5.74, 6) is 0.539. The van der Waals surface area contributed by atoms with Crippen LogP contribution in [-0.2, 0) is 22.8 Å². The summed E-state index contributed by atoms with van der Waals surface area (Å²) in [5, 5.41) is 5.89. The quantitative estimate of drug-likeness (QED) is 0.226. The third-order valence-electron chi connectivity index (χ3n) is 7.70. The monoisotopic (exact) mass is 613 g/mol. The number of methoxy groups -OCH3 is 1. The molecular formula is C33H32ClN5O5. The van der Waals surface area contributed by atoms with Crippen molar-refractivity contribution in [2.45, 2.75) is 20.3 Å². The Hall–Kier alpha value is -4.64. The lowest BCUT2D eigenvalue weighted by Crippen LogP contribution is -2.40. The van der Waals surface area contributed by atoms with Crippen LogP contribution in [0.3, 0.4) is 0 Å². The number of halogens is 1. The maximum Gasteiger partial charge on any atom is 0.254 e. The fraction of sp³-hybridized carbons (Fsp3) is 0.242. The standard InChI is InChI=1S/C33H32ClN5O5/c1-21-15-26(44-19-22-3-6-25(34)7-4-22)8-10-28(21)39-32(35)27(18-36-39)31(40)30-17-24-16-23(5-9-29(24)38(30)20-42-2)33(41)37-11-13-43-14-12-37/h3-10,15-18H,11-14,19-20,35H2,1-2H3. The zero-order chi connectivity index (χ0) is 30.8. The molecule has 0 atom stereocenters. The molecule has 1 aliphatic rings. The van der Waals surface area contributed by atoms with Gasteiger partial charge in [-0.1, -0.05) is 23.7 Å². The number of aromatic nitrogens is 3. The van der Waals surface area contributed by atoms with Gasteiger partial charge in [-0.3, -0.25) is 9.59 Å². The van der Waals surface area contributed by atoms with E-state index < -0.39 is 0 Å². The number of anilines is 1. The van der Waals surface area contributed by atoms with Gasteiger partial charge in [0.25, 0.3) is 5.91 Å². The third kappa shape index (κ3) is 5.79. The summed E-state index contributed by atoms with van der Waals surface area (Å²) in [6.45, 7) is 4.62. The van der Waals surface area contributed by atoms with Crippen molar-refractivity contribution < 1.29 is 23.8 Å². The number of nitrogens with two attached hydrogens (primary N) is 1. The van der Waals surface area contributed by atoms with Crippen LogP contribution in [-0.4, -0.2) is 64.4 Å². The zero-order valence-electron chi connectivity index (χ0n) is 24.5. The van der Waals surface area contributed by atoms with Crippen LogP contribution in [0.25, 0.3) is 16.6 Å². The molecule has 0 saturated carbocycles. The highest BCUT2D eigenvalue weighted by Crippen LogP contribution is 2.29. The van der Waals surface area contributed by atoms with Crippen molar-refractivity contribution in [2.75, 3.05) is 39.1 Å². The topological polar surface area (TPSA) is 114 Å². The number of rotatable bonds is 9. The number of aryl methyl sites for hydroxylation is 1. The van der Waals surface area contributed by atoms with Crippen LogP contribution >= 0.6 is 11.6 Å². The maximum absolute atomic E-state index is 13.9. The Kier molecular flexibility index (Phi) is 8.38. The van der Waals surface area contributed by atoms with E-state index in [1.54, 1.807) is 33.4 Å². The summed E-state index contributed by atoms with van der Waals surface area (Å²) in [6, 6.07) is 20.3. The van der Waals surface area contributed by atoms with Crippen molar-refractivity contribution in [3.63, 3.8) is 0 Å². The van der Waals surface area contributed by atoms with Gasteiger partial charge in [0.15, 0.2) is 0 Å². The van der Waals surface area contributed by atoms with Gasteiger partial charge in [0.2, 0.25) is 5.78 Å². The second kappa shape index (κ2) is 12.5. The highest BCUT2D eigenvalue weighted by molar-refractivity contribution is 6.30. The number of benzene rings is 3. The number of nitrogens with zero attached hydrogens (tertiary/aromatic N) is 4. The van der Waals surface area contributed by atoms with Crippen LogP contribution in [0.15, 0.2) is 72.9 Å². The molecule has 3 aromatic carbocycles. The number of ketones is 1. The van der Waals surface area contributed by atoms with Crippen molar-refractivity contribution in [1.29, 1.82) is 0 Å². The first-order chi connectivity index (χ1) is 21.3. The Bertz CT molecular complexity index is 1840. The van der Waals surface area contributed by atoms with E-state index in [1.165, 1.54) is 6.20 Å². The molecule has 0 unspecified atom stereocenters. The van der Waals surface area contributed by atoms with Gasteiger partial charge in [0, 0.05) is 36.2 Å². The summed E-state index contributed by atoms with van der Waals surface area (Å²) < 4.78 is 20.1. The van der Waals surface area contributed by atoms with Crippen LogP contribution in [0.2, 0.25) is 5.02 Å². The summed E-state index contributed by atoms with van der Waals surface area (Å²) in [5.41, 5.74) is 11.1. The molecule has 1 saturated heterocycles. The third-order valence-corrected chi connectivity index (χ3v) is 7.96. The molecule has 226 valence electrons. The van der Waals surface area contributed by atoms with Crippen LogP contribution < -0.4 is 10.5 Å². The molecule has 2 N–H and O–H groups in total. The average Bonchev–Trinajstić information content (AvgIpc) is 3.60. The van der Waals surface area contributed by atoms with E-state index in [2.05, 4.69) is 5.10 Å². The zero-order valence-corrected chi connectivity index (χ0v) is 25.2. The summed E-state index contributed by atoms with van der Waals surface area (Å²) >= 11 is 5.97. The van der Waals surface area contributed by atoms with E-state index in [0.717, 1.165) is 27.7 Å². The Labute approximate surface area is 259 Å². The molecule has 1 amide bonds. The largest absolute Gasteiger partial charge is 0.489 e.